The molecule has 0 unspecified atom stereocenters. The van der Waals surface area contributed by atoms with Gasteiger partial charge in [0.2, 0.25) is 0 Å². The maximum Gasteiger partial charge on any atom is 0.258 e. The molecule has 174 valence electrons. The highest BCUT2D eigenvalue weighted by atomic mass is 19.2. The number of carbonyl (C=O) groups excluding carboxylic acids is 1. The van der Waals surface area contributed by atoms with Crippen molar-refractivity contribution in [3.05, 3.63) is 65.6 Å². The lowest BCUT2D eigenvalue weighted by molar-refractivity contribution is 0.0629. The molecule has 34 heavy (non-hydrogen) atoms. The summed E-state index contributed by atoms with van der Waals surface area (Å²) >= 11 is 0. The summed E-state index contributed by atoms with van der Waals surface area (Å²) in [6.07, 6.45) is 4.20. The van der Waals surface area contributed by atoms with Gasteiger partial charge >= 0.3 is 0 Å². The van der Waals surface area contributed by atoms with Crippen LogP contribution in [0.1, 0.15) is 35.4 Å². The quantitative estimate of drug-likeness (QED) is 0.468. The predicted molar refractivity (Wildman–Crippen MR) is 121 cm³/mol. The SMILES string of the molecule is Cc1noc(-c2ccccc2C(=O)N2CCCC[C@H]2CNc2cnc3cc(F)c(F)cc3n2)n1. The number of rotatable bonds is 5. The van der Waals surface area contributed by atoms with Gasteiger partial charge in [-0.25, -0.2) is 13.8 Å². The molecule has 10 heteroatoms. The Kier molecular flexibility index (Phi) is 5.87. The number of amides is 1. The van der Waals surface area contributed by atoms with Gasteiger partial charge in [0.25, 0.3) is 11.8 Å². The number of anilines is 1. The zero-order chi connectivity index (χ0) is 23.7. The fourth-order valence-corrected chi connectivity index (χ4v) is 4.21. The van der Waals surface area contributed by atoms with Crippen LogP contribution >= 0.6 is 0 Å². The zero-order valence-corrected chi connectivity index (χ0v) is 18.5. The lowest BCUT2D eigenvalue weighted by atomic mass is 9.99. The molecule has 1 fully saturated rings. The number of benzene rings is 2. The predicted octanol–water partition coefficient (Wildman–Crippen LogP) is 4.37. The number of nitrogens with zero attached hydrogens (tertiary/aromatic N) is 5. The number of likely N-dealkylation sites (tertiary alicyclic amines) is 1. The Morgan fingerprint density at radius 2 is 1.94 bits per heavy atom. The molecule has 0 spiro atoms. The van der Waals surface area contributed by atoms with Crippen molar-refractivity contribution in [2.24, 2.45) is 0 Å². The minimum atomic E-state index is -0.974. The van der Waals surface area contributed by atoms with Gasteiger partial charge in [-0.2, -0.15) is 4.98 Å². The molecule has 0 saturated carbocycles. The molecular weight excluding hydrogens is 442 g/mol. The van der Waals surface area contributed by atoms with Gasteiger partial charge in [0.05, 0.1) is 28.4 Å². The molecule has 1 amide bonds. The van der Waals surface area contributed by atoms with Crippen LogP contribution in [0.25, 0.3) is 22.5 Å². The second kappa shape index (κ2) is 9.12. The number of carbonyl (C=O) groups is 1. The first-order chi connectivity index (χ1) is 16.5. The Hall–Kier alpha value is -3.95. The molecule has 1 atom stereocenters. The van der Waals surface area contributed by atoms with Crippen molar-refractivity contribution in [1.82, 2.24) is 25.0 Å². The van der Waals surface area contributed by atoms with Crippen molar-refractivity contribution in [3.63, 3.8) is 0 Å². The van der Waals surface area contributed by atoms with E-state index in [-0.39, 0.29) is 23.0 Å². The molecule has 3 heterocycles. The Labute approximate surface area is 194 Å². The first-order valence-electron chi connectivity index (χ1n) is 11.1. The summed E-state index contributed by atoms with van der Waals surface area (Å²) in [6, 6.07) is 9.16. The second-order valence-corrected chi connectivity index (χ2v) is 8.23. The van der Waals surface area contributed by atoms with Gasteiger partial charge in [-0.05, 0) is 38.3 Å². The van der Waals surface area contributed by atoms with Crippen LogP contribution in [0.2, 0.25) is 0 Å². The number of hydrogen-bond acceptors (Lipinski definition) is 7. The van der Waals surface area contributed by atoms with Crippen molar-refractivity contribution in [3.8, 4) is 11.5 Å². The maximum atomic E-state index is 13.6. The monoisotopic (exact) mass is 464 g/mol. The molecule has 1 saturated heterocycles. The van der Waals surface area contributed by atoms with Gasteiger partial charge < -0.3 is 14.7 Å². The Morgan fingerprint density at radius 3 is 2.74 bits per heavy atom. The fourth-order valence-electron chi connectivity index (χ4n) is 4.21. The fraction of sp³-hybridized carbons (Fsp3) is 0.292. The van der Waals surface area contributed by atoms with Crippen molar-refractivity contribution in [2.45, 2.75) is 32.2 Å². The Morgan fingerprint density at radius 1 is 1.15 bits per heavy atom. The molecule has 1 aliphatic rings. The largest absolute Gasteiger partial charge is 0.367 e. The second-order valence-electron chi connectivity index (χ2n) is 8.23. The average Bonchev–Trinajstić information content (AvgIpc) is 3.29. The number of piperidine rings is 1. The molecular formula is C24H22F2N6O2. The van der Waals surface area contributed by atoms with E-state index in [1.165, 1.54) is 6.20 Å². The van der Waals surface area contributed by atoms with Crippen LogP contribution in [0, 0.1) is 18.6 Å². The molecule has 2 aromatic carbocycles. The summed E-state index contributed by atoms with van der Waals surface area (Å²) in [6.45, 7) is 2.79. The Balaban J connectivity index is 1.36. The third-order valence-corrected chi connectivity index (χ3v) is 5.91. The molecule has 1 aliphatic heterocycles. The number of aromatic nitrogens is 4. The third kappa shape index (κ3) is 4.30. The molecule has 4 aromatic rings. The van der Waals surface area contributed by atoms with Crippen LogP contribution in [0.5, 0.6) is 0 Å². The maximum absolute atomic E-state index is 13.6. The van der Waals surface area contributed by atoms with Crippen molar-refractivity contribution >= 4 is 22.8 Å². The van der Waals surface area contributed by atoms with E-state index in [4.69, 9.17) is 4.52 Å². The van der Waals surface area contributed by atoms with E-state index in [9.17, 15) is 13.6 Å². The van der Waals surface area contributed by atoms with E-state index in [2.05, 4.69) is 25.4 Å². The average molecular weight is 464 g/mol. The van der Waals surface area contributed by atoms with Gasteiger partial charge in [-0.3, -0.25) is 9.78 Å². The van der Waals surface area contributed by atoms with E-state index < -0.39 is 11.6 Å². The first-order valence-corrected chi connectivity index (χ1v) is 11.1. The first kappa shape index (κ1) is 21.9. The smallest absolute Gasteiger partial charge is 0.258 e. The Bertz CT molecular complexity index is 1360. The van der Waals surface area contributed by atoms with Gasteiger partial charge in [-0.15, -0.1) is 0 Å². The van der Waals surface area contributed by atoms with Crippen LogP contribution in [-0.2, 0) is 0 Å². The van der Waals surface area contributed by atoms with Crippen molar-refractivity contribution in [2.75, 3.05) is 18.4 Å². The normalized spacial score (nSPS) is 16.1. The number of fused-ring (bicyclic) bond motifs is 1. The minimum absolute atomic E-state index is 0.0822. The standard InChI is InChI=1S/C24H22F2N6O2/c1-14-29-23(34-31-14)16-7-2-3-8-17(16)24(33)32-9-5-4-6-15(32)12-28-22-13-27-20-10-18(25)19(26)11-21(20)30-22/h2-3,7-8,10-11,13,15H,4-6,9,12H2,1H3,(H,28,30)/t15-/m0/s1. The van der Waals surface area contributed by atoms with Crippen molar-refractivity contribution in [1.29, 1.82) is 0 Å². The van der Waals surface area contributed by atoms with E-state index in [0.717, 1.165) is 31.4 Å². The molecule has 8 nitrogen and oxygen atoms in total. The van der Waals surface area contributed by atoms with Crippen LogP contribution in [0.15, 0.2) is 47.1 Å². The molecule has 2 aromatic heterocycles. The zero-order valence-electron chi connectivity index (χ0n) is 18.5. The number of aryl methyl sites for hydroxylation is 1. The summed E-state index contributed by atoms with van der Waals surface area (Å²) in [5, 5.41) is 7.04. The van der Waals surface area contributed by atoms with Gasteiger partial charge in [0, 0.05) is 31.3 Å². The number of hydrogen-bond donors (Lipinski definition) is 1. The van der Waals surface area contributed by atoms with Crippen molar-refractivity contribution < 1.29 is 18.1 Å². The van der Waals surface area contributed by atoms with Crippen LogP contribution in [0.3, 0.4) is 0 Å². The third-order valence-electron chi connectivity index (χ3n) is 5.91. The van der Waals surface area contributed by atoms with Crippen LogP contribution in [0.4, 0.5) is 14.6 Å². The highest BCUT2D eigenvalue weighted by Crippen LogP contribution is 2.27. The summed E-state index contributed by atoms with van der Waals surface area (Å²) in [5.41, 5.74) is 1.62. The molecule has 0 bridgehead atoms. The van der Waals surface area contributed by atoms with Gasteiger partial charge in [0.1, 0.15) is 5.82 Å². The summed E-state index contributed by atoms with van der Waals surface area (Å²) in [4.78, 5) is 28.2. The molecule has 1 N–H and O–H groups in total. The van der Waals surface area contributed by atoms with E-state index in [1.54, 1.807) is 19.1 Å². The molecule has 0 aliphatic carbocycles. The lowest BCUT2D eigenvalue weighted by Gasteiger charge is -2.36. The highest BCUT2D eigenvalue weighted by Gasteiger charge is 2.29. The molecule has 5 rings (SSSR count). The summed E-state index contributed by atoms with van der Waals surface area (Å²) in [7, 11) is 0. The van der Waals surface area contributed by atoms with Crippen LogP contribution < -0.4 is 5.32 Å². The van der Waals surface area contributed by atoms with Gasteiger partial charge in [0.15, 0.2) is 17.5 Å². The summed E-state index contributed by atoms with van der Waals surface area (Å²) in [5.74, 6) is -0.814. The number of halogens is 2. The summed E-state index contributed by atoms with van der Waals surface area (Å²) < 4.78 is 32.3. The van der Waals surface area contributed by atoms with E-state index >= 15 is 0 Å². The highest BCUT2D eigenvalue weighted by molar-refractivity contribution is 6.00. The van der Waals surface area contributed by atoms with Crippen LogP contribution in [-0.4, -0.2) is 50.0 Å². The topological polar surface area (TPSA) is 97.0 Å². The van der Waals surface area contributed by atoms with Gasteiger partial charge in [-0.1, -0.05) is 17.3 Å². The lowest BCUT2D eigenvalue weighted by Crippen LogP contribution is -2.47. The minimum Gasteiger partial charge on any atom is -0.367 e. The van der Waals surface area contributed by atoms with E-state index in [0.29, 0.717) is 41.7 Å². The van der Waals surface area contributed by atoms with E-state index in [1.807, 2.05) is 17.0 Å². The molecule has 0 radical (unpaired) electrons. The number of nitrogens with one attached hydrogen (secondary N) is 1.